The van der Waals surface area contributed by atoms with Crippen LogP contribution in [0.25, 0.3) is 0 Å². The third kappa shape index (κ3) is 5.16. The third-order valence-corrected chi connectivity index (χ3v) is 5.52. The van der Waals surface area contributed by atoms with Crippen molar-refractivity contribution in [2.24, 2.45) is 0 Å². The highest BCUT2D eigenvalue weighted by Gasteiger charge is 2.27. The summed E-state index contributed by atoms with van der Waals surface area (Å²) in [6.07, 6.45) is 0. The van der Waals surface area contributed by atoms with Crippen LogP contribution in [-0.2, 0) is 4.79 Å². The quantitative estimate of drug-likeness (QED) is 0.578. The molecule has 0 aromatic heterocycles. The van der Waals surface area contributed by atoms with Crippen LogP contribution in [0.4, 0.5) is 15.8 Å². The van der Waals surface area contributed by atoms with Crippen LogP contribution in [0.5, 0.6) is 5.75 Å². The minimum absolute atomic E-state index is 0.0921. The van der Waals surface area contributed by atoms with Gasteiger partial charge in [0.2, 0.25) is 5.12 Å². The SMILES string of the molecule is CCSC(=O)C(SCC)N(c1ccc(F)cc1)c1ccc(OC)cc1. The van der Waals surface area contributed by atoms with Crippen molar-refractivity contribution in [2.45, 2.75) is 19.2 Å². The third-order valence-electron chi connectivity index (χ3n) is 3.50. The smallest absolute Gasteiger partial charge is 0.222 e. The van der Waals surface area contributed by atoms with Crippen LogP contribution in [0.3, 0.4) is 0 Å². The number of thioether (sulfide) groups is 2. The lowest BCUT2D eigenvalue weighted by Crippen LogP contribution is -2.34. The molecule has 0 radical (unpaired) electrons. The summed E-state index contributed by atoms with van der Waals surface area (Å²) in [5.41, 5.74) is 1.64. The van der Waals surface area contributed by atoms with Crippen molar-refractivity contribution in [2.75, 3.05) is 23.5 Å². The number of nitrogens with zero attached hydrogens (tertiary/aromatic N) is 1. The molecule has 0 saturated carbocycles. The number of carbonyl (C=O) groups excluding carboxylic acids is 1. The van der Waals surface area contributed by atoms with Crippen molar-refractivity contribution < 1.29 is 13.9 Å². The summed E-state index contributed by atoms with van der Waals surface area (Å²) in [5, 5.41) is -0.289. The van der Waals surface area contributed by atoms with E-state index in [4.69, 9.17) is 4.74 Å². The lowest BCUT2D eigenvalue weighted by atomic mass is 10.2. The van der Waals surface area contributed by atoms with Crippen LogP contribution in [-0.4, -0.2) is 29.1 Å². The molecule has 0 fully saturated rings. The number of methoxy groups -OCH3 is 1. The minimum atomic E-state index is -0.381. The Kier molecular flexibility index (Phi) is 7.65. The summed E-state index contributed by atoms with van der Waals surface area (Å²) in [7, 11) is 1.61. The molecule has 0 bridgehead atoms. The Morgan fingerprint density at radius 3 is 2.08 bits per heavy atom. The second-order valence-corrected chi connectivity index (χ2v) is 7.73. The summed E-state index contributed by atoms with van der Waals surface area (Å²) in [6, 6.07) is 13.8. The van der Waals surface area contributed by atoms with Crippen LogP contribution in [0.1, 0.15) is 13.8 Å². The average molecular weight is 380 g/mol. The molecule has 0 heterocycles. The second kappa shape index (κ2) is 9.73. The van der Waals surface area contributed by atoms with Crippen molar-refractivity contribution in [3.63, 3.8) is 0 Å². The predicted molar refractivity (Wildman–Crippen MR) is 107 cm³/mol. The molecule has 2 aromatic carbocycles. The largest absolute Gasteiger partial charge is 0.497 e. The van der Waals surface area contributed by atoms with Gasteiger partial charge in [0.1, 0.15) is 16.9 Å². The summed E-state index contributed by atoms with van der Waals surface area (Å²) in [6.45, 7) is 3.99. The number of carbonyl (C=O) groups is 1. The fraction of sp³-hybridized carbons (Fsp3) is 0.316. The normalized spacial score (nSPS) is 11.8. The highest BCUT2D eigenvalue weighted by Crippen LogP contribution is 2.35. The number of hydrogen-bond donors (Lipinski definition) is 0. The molecule has 0 spiro atoms. The number of ether oxygens (including phenoxy) is 1. The first kappa shape index (κ1) is 19.7. The minimum Gasteiger partial charge on any atom is -0.497 e. The second-order valence-electron chi connectivity index (χ2n) is 5.10. The van der Waals surface area contributed by atoms with Crippen molar-refractivity contribution in [1.29, 1.82) is 0 Å². The fourth-order valence-electron chi connectivity index (χ4n) is 2.38. The highest BCUT2D eigenvalue weighted by atomic mass is 32.2. The molecule has 0 aliphatic carbocycles. The zero-order chi connectivity index (χ0) is 18.2. The molecule has 134 valence electrons. The van der Waals surface area contributed by atoms with Gasteiger partial charge in [0, 0.05) is 11.4 Å². The van der Waals surface area contributed by atoms with E-state index in [0.717, 1.165) is 28.6 Å². The van der Waals surface area contributed by atoms with E-state index in [0.29, 0.717) is 0 Å². The molecule has 1 atom stereocenters. The molecule has 2 rings (SSSR count). The van der Waals surface area contributed by atoms with Gasteiger partial charge in [-0.3, -0.25) is 4.79 Å². The van der Waals surface area contributed by atoms with Crippen molar-refractivity contribution in [3.8, 4) is 5.75 Å². The molecule has 3 nitrogen and oxygen atoms in total. The molecule has 0 aliphatic rings. The first-order chi connectivity index (χ1) is 12.1. The maximum absolute atomic E-state index is 13.4. The van der Waals surface area contributed by atoms with Gasteiger partial charge in [-0.1, -0.05) is 25.6 Å². The molecular formula is C19H22FNO2S2. The lowest BCUT2D eigenvalue weighted by molar-refractivity contribution is -0.110. The van der Waals surface area contributed by atoms with E-state index in [1.807, 2.05) is 43.0 Å². The predicted octanol–water partition coefficient (Wildman–Crippen LogP) is 5.33. The summed E-state index contributed by atoms with van der Waals surface area (Å²) < 4.78 is 18.6. The Hall–Kier alpha value is -1.66. The zero-order valence-electron chi connectivity index (χ0n) is 14.6. The maximum atomic E-state index is 13.4. The van der Waals surface area contributed by atoms with E-state index in [1.54, 1.807) is 31.0 Å². The topological polar surface area (TPSA) is 29.5 Å². The maximum Gasteiger partial charge on any atom is 0.222 e. The summed E-state index contributed by atoms with van der Waals surface area (Å²) >= 11 is 2.87. The van der Waals surface area contributed by atoms with Crippen molar-refractivity contribution in [3.05, 3.63) is 54.3 Å². The van der Waals surface area contributed by atoms with Crippen molar-refractivity contribution in [1.82, 2.24) is 0 Å². The average Bonchev–Trinajstić information content (AvgIpc) is 2.63. The van der Waals surface area contributed by atoms with Crippen LogP contribution in [0.2, 0.25) is 0 Å². The zero-order valence-corrected chi connectivity index (χ0v) is 16.2. The van der Waals surface area contributed by atoms with Crippen LogP contribution >= 0.6 is 23.5 Å². The van der Waals surface area contributed by atoms with Crippen molar-refractivity contribution >= 4 is 40.0 Å². The van der Waals surface area contributed by atoms with Gasteiger partial charge >= 0.3 is 0 Å². The highest BCUT2D eigenvalue weighted by molar-refractivity contribution is 8.16. The molecule has 1 unspecified atom stereocenters. The van der Waals surface area contributed by atoms with Gasteiger partial charge in [0.05, 0.1) is 7.11 Å². The van der Waals surface area contributed by atoms with Gasteiger partial charge in [-0.05, 0) is 60.0 Å². The van der Waals surface area contributed by atoms with E-state index in [-0.39, 0.29) is 16.3 Å². The Labute approximate surface area is 156 Å². The summed E-state index contributed by atoms with van der Waals surface area (Å²) in [5.74, 6) is 1.97. The van der Waals surface area contributed by atoms with Crippen LogP contribution < -0.4 is 9.64 Å². The van der Waals surface area contributed by atoms with Crippen LogP contribution in [0.15, 0.2) is 48.5 Å². The number of anilines is 2. The number of benzene rings is 2. The van der Waals surface area contributed by atoms with Gasteiger partial charge in [-0.2, -0.15) is 0 Å². The van der Waals surface area contributed by atoms with E-state index in [1.165, 1.54) is 23.9 Å². The van der Waals surface area contributed by atoms with Gasteiger partial charge in [0.25, 0.3) is 0 Å². The Morgan fingerprint density at radius 2 is 1.60 bits per heavy atom. The Bertz CT molecular complexity index is 677. The lowest BCUT2D eigenvalue weighted by Gasteiger charge is -2.32. The van der Waals surface area contributed by atoms with Gasteiger partial charge in [-0.25, -0.2) is 4.39 Å². The Balaban J connectivity index is 2.48. The molecule has 2 aromatic rings. The monoisotopic (exact) mass is 379 g/mol. The van der Waals surface area contributed by atoms with Gasteiger partial charge in [-0.15, -0.1) is 11.8 Å². The van der Waals surface area contributed by atoms with E-state index >= 15 is 0 Å². The molecule has 0 N–H and O–H groups in total. The van der Waals surface area contributed by atoms with Gasteiger partial charge in [0.15, 0.2) is 0 Å². The fourth-order valence-corrected chi connectivity index (χ4v) is 4.17. The molecule has 0 aliphatic heterocycles. The van der Waals surface area contributed by atoms with Gasteiger partial charge < -0.3 is 9.64 Å². The van der Waals surface area contributed by atoms with E-state index in [2.05, 4.69) is 0 Å². The van der Waals surface area contributed by atoms with Crippen LogP contribution in [0, 0.1) is 5.82 Å². The molecule has 0 saturated heterocycles. The number of rotatable bonds is 8. The molecule has 0 amide bonds. The number of hydrogen-bond acceptors (Lipinski definition) is 5. The molecule has 6 heteroatoms. The molecular weight excluding hydrogens is 357 g/mol. The standard InChI is InChI=1S/C19H22FNO2S2/c1-4-24-18(19(22)25-5-2)21(15-8-6-14(20)7-9-15)16-10-12-17(23-3)13-11-16/h6-13,18H,4-5H2,1-3H3. The number of halogens is 1. The first-order valence-corrected chi connectivity index (χ1v) is 10.1. The molecule has 25 heavy (non-hydrogen) atoms. The first-order valence-electron chi connectivity index (χ1n) is 8.07. The van der Waals surface area contributed by atoms with E-state index < -0.39 is 0 Å². The Morgan fingerprint density at radius 1 is 1.04 bits per heavy atom. The summed E-state index contributed by atoms with van der Waals surface area (Å²) in [4.78, 5) is 14.7. The van der Waals surface area contributed by atoms with E-state index in [9.17, 15) is 9.18 Å².